The highest BCUT2D eigenvalue weighted by Crippen LogP contribution is 2.33. The maximum Gasteiger partial charge on any atom is 0.335 e. The lowest BCUT2D eigenvalue weighted by atomic mass is 10.1. The normalized spacial score (nSPS) is 14.8. The number of carboxylic acids is 1. The van der Waals surface area contributed by atoms with Crippen molar-refractivity contribution in [3.05, 3.63) is 117 Å². The van der Waals surface area contributed by atoms with Crippen LogP contribution in [0.5, 0.6) is 0 Å². The molecule has 1 aliphatic heterocycles. The highest BCUT2D eigenvalue weighted by Gasteiger charge is 2.34. The van der Waals surface area contributed by atoms with Gasteiger partial charge in [-0.1, -0.05) is 42.5 Å². The monoisotopic (exact) mass is 487 g/mol. The molecule has 0 atom stereocenters. The fourth-order valence-electron chi connectivity index (χ4n) is 3.31. The summed E-state index contributed by atoms with van der Waals surface area (Å²) in [6.45, 7) is 0.0493. The lowest BCUT2D eigenvalue weighted by molar-refractivity contribution is -0.123. The molecule has 35 heavy (non-hydrogen) atoms. The zero-order valence-electron chi connectivity index (χ0n) is 18.2. The number of allylic oxidation sites excluding steroid dienone is 1. The molecule has 1 saturated heterocycles. The molecule has 1 heterocycles. The van der Waals surface area contributed by atoms with Crippen LogP contribution < -0.4 is 0 Å². The maximum atomic E-state index is 13.0. The second-order valence-corrected chi connectivity index (χ2v) is 8.63. The van der Waals surface area contributed by atoms with E-state index in [2.05, 4.69) is 0 Å². The maximum absolute atomic E-state index is 13.0. The summed E-state index contributed by atoms with van der Waals surface area (Å²) in [6.07, 6.45) is 4.66. The number of hydrogen-bond acceptors (Lipinski definition) is 5. The summed E-state index contributed by atoms with van der Waals surface area (Å²) in [6, 6.07) is 18.4. The molecule has 4 rings (SSSR count). The van der Waals surface area contributed by atoms with E-state index in [9.17, 15) is 23.6 Å². The van der Waals surface area contributed by atoms with Crippen LogP contribution in [0.15, 0.2) is 83.8 Å². The zero-order valence-corrected chi connectivity index (χ0v) is 19.0. The van der Waals surface area contributed by atoms with Crippen LogP contribution in [-0.4, -0.2) is 32.9 Å². The summed E-state index contributed by atoms with van der Waals surface area (Å²) in [7, 11) is 0. The Morgan fingerprint density at radius 3 is 2.09 bits per heavy atom. The van der Waals surface area contributed by atoms with Gasteiger partial charge in [0.05, 0.1) is 17.0 Å². The van der Waals surface area contributed by atoms with Gasteiger partial charge in [-0.3, -0.25) is 19.3 Å². The quantitative estimate of drug-likeness (QED) is 0.342. The van der Waals surface area contributed by atoms with E-state index in [4.69, 9.17) is 5.11 Å². The van der Waals surface area contributed by atoms with Crippen molar-refractivity contribution in [2.24, 2.45) is 0 Å². The minimum atomic E-state index is -1.05. The molecule has 3 aromatic carbocycles. The van der Waals surface area contributed by atoms with Gasteiger partial charge in [-0.2, -0.15) is 0 Å². The van der Waals surface area contributed by atoms with Gasteiger partial charge in [0, 0.05) is 5.56 Å². The van der Waals surface area contributed by atoms with E-state index < -0.39 is 22.9 Å². The first-order valence-electron chi connectivity index (χ1n) is 10.5. The highest BCUT2D eigenvalue weighted by molar-refractivity contribution is 8.18. The molecule has 3 aromatic rings. The molecule has 0 aliphatic carbocycles. The van der Waals surface area contributed by atoms with Crippen LogP contribution in [0, 0.1) is 5.82 Å². The van der Waals surface area contributed by atoms with Crippen molar-refractivity contribution in [3.8, 4) is 0 Å². The molecule has 0 spiro atoms. The van der Waals surface area contributed by atoms with Gasteiger partial charge < -0.3 is 5.11 Å². The average Bonchev–Trinajstić information content (AvgIpc) is 3.11. The van der Waals surface area contributed by atoms with Gasteiger partial charge in [0.25, 0.3) is 11.1 Å². The second kappa shape index (κ2) is 10.3. The number of benzene rings is 3. The van der Waals surface area contributed by atoms with Gasteiger partial charge in [0.15, 0.2) is 5.78 Å². The van der Waals surface area contributed by atoms with Crippen molar-refractivity contribution in [1.82, 2.24) is 4.90 Å². The smallest absolute Gasteiger partial charge is 0.335 e. The first-order chi connectivity index (χ1) is 16.8. The number of carbonyl (C=O) groups excluding carboxylic acids is 3. The summed E-state index contributed by atoms with van der Waals surface area (Å²) >= 11 is 0.840. The van der Waals surface area contributed by atoms with Crippen LogP contribution in [0.25, 0.3) is 12.2 Å². The lowest BCUT2D eigenvalue weighted by Crippen LogP contribution is -2.27. The predicted molar refractivity (Wildman–Crippen MR) is 131 cm³/mol. The number of halogens is 1. The molecule has 0 radical (unpaired) electrons. The minimum Gasteiger partial charge on any atom is -0.478 e. The number of amides is 2. The topological polar surface area (TPSA) is 91.8 Å². The van der Waals surface area contributed by atoms with E-state index >= 15 is 0 Å². The number of carbonyl (C=O) groups is 4. The molecule has 8 heteroatoms. The van der Waals surface area contributed by atoms with Crippen LogP contribution in [0.1, 0.15) is 37.4 Å². The number of rotatable bonds is 7. The van der Waals surface area contributed by atoms with Gasteiger partial charge in [0.2, 0.25) is 0 Å². The van der Waals surface area contributed by atoms with Gasteiger partial charge in [0.1, 0.15) is 5.82 Å². The second-order valence-electron chi connectivity index (χ2n) is 7.64. The Morgan fingerprint density at radius 2 is 1.46 bits per heavy atom. The summed E-state index contributed by atoms with van der Waals surface area (Å²) in [5.74, 6) is -2.13. The van der Waals surface area contributed by atoms with Crippen molar-refractivity contribution >= 4 is 46.8 Å². The highest BCUT2D eigenvalue weighted by atomic mass is 32.2. The molecular weight excluding hydrogens is 469 g/mol. The summed E-state index contributed by atoms with van der Waals surface area (Å²) < 4.78 is 13.0. The fraction of sp³-hybridized carbons (Fsp3) is 0.0370. The van der Waals surface area contributed by atoms with E-state index in [0.29, 0.717) is 16.7 Å². The number of imide groups is 1. The number of thioether (sulfide) groups is 1. The van der Waals surface area contributed by atoms with Crippen LogP contribution in [-0.2, 0) is 11.3 Å². The molecule has 174 valence electrons. The Morgan fingerprint density at radius 1 is 0.857 bits per heavy atom. The molecule has 0 saturated carbocycles. The third kappa shape index (κ3) is 5.80. The predicted octanol–water partition coefficient (Wildman–Crippen LogP) is 5.66. The summed E-state index contributed by atoms with van der Waals surface area (Å²) in [4.78, 5) is 49.7. The number of carboxylic acid groups (broad SMARTS) is 1. The van der Waals surface area contributed by atoms with Crippen molar-refractivity contribution in [2.75, 3.05) is 0 Å². The Hall–Kier alpha value is -4.30. The average molecular weight is 488 g/mol. The Labute approximate surface area is 204 Å². The van der Waals surface area contributed by atoms with E-state index in [1.807, 2.05) is 0 Å². The van der Waals surface area contributed by atoms with E-state index in [-0.39, 0.29) is 22.8 Å². The van der Waals surface area contributed by atoms with Crippen LogP contribution >= 0.6 is 11.8 Å². The SMILES string of the molecule is O=C(O)c1ccc(CN2C(=O)S/C(=C\c3ccc(/C=C/C(=O)c4ccc(F)cc4)cc3)C2=O)cc1. The van der Waals surface area contributed by atoms with Crippen LogP contribution in [0.2, 0.25) is 0 Å². The number of hydrogen-bond donors (Lipinski definition) is 1. The minimum absolute atomic E-state index is 0.0493. The molecule has 0 aromatic heterocycles. The van der Waals surface area contributed by atoms with E-state index in [1.165, 1.54) is 42.5 Å². The Balaban J connectivity index is 1.41. The first-order valence-corrected chi connectivity index (χ1v) is 11.3. The third-order valence-corrected chi connectivity index (χ3v) is 6.11. The molecule has 1 N–H and O–H groups in total. The van der Waals surface area contributed by atoms with Crippen molar-refractivity contribution in [3.63, 3.8) is 0 Å². The van der Waals surface area contributed by atoms with E-state index in [1.54, 1.807) is 48.6 Å². The number of nitrogens with zero attached hydrogens (tertiary/aromatic N) is 1. The molecule has 0 bridgehead atoms. The van der Waals surface area contributed by atoms with Gasteiger partial charge in [-0.05, 0) is 77.0 Å². The Bertz CT molecular complexity index is 1360. The van der Waals surface area contributed by atoms with Crippen molar-refractivity contribution in [1.29, 1.82) is 0 Å². The third-order valence-electron chi connectivity index (χ3n) is 5.21. The van der Waals surface area contributed by atoms with E-state index in [0.717, 1.165) is 22.2 Å². The molecule has 2 amide bonds. The zero-order chi connectivity index (χ0) is 24.9. The van der Waals surface area contributed by atoms with Crippen LogP contribution in [0.4, 0.5) is 9.18 Å². The number of aromatic carboxylic acids is 1. The molecule has 0 unspecified atom stereocenters. The standard InChI is InChI=1S/C27H18FNO5S/c28-22-12-10-20(11-13-22)23(30)14-7-17-1-3-18(4-2-17)15-24-25(31)29(27(34)35-24)16-19-5-8-21(9-6-19)26(32)33/h1-15H,16H2,(H,32,33)/b14-7+,24-15-. The molecule has 6 nitrogen and oxygen atoms in total. The van der Waals surface area contributed by atoms with Gasteiger partial charge >= 0.3 is 5.97 Å². The van der Waals surface area contributed by atoms with Crippen LogP contribution in [0.3, 0.4) is 0 Å². The lowest BCUT2D eigenvalue weighted by Gasteiger charge is -2.12. The first kappa shape index (κ1) is 23.8. The largest absolute Gasteiger partial charge is 0.478 e. The fourth-order valence-corrected chi connectivity index (χ4v) is 4.15. The van der Waals surface area contributed by atoms with Crippen molar-refractivity contribution in [2.45, 2.75) is 6.54 Å². The molecule has 1 aliphatic rings. The number of ketones is 1. The Kier molecular flexibility index (Phi) is 7.03. The van der Waals surface area contributed by atoms with Crippen molar-refractivity contribution < 1.29 is 28.7 Å². The molecular formula is C27H18FNO5S. The van der Waals surface area contributed by atoms with Gasteiger partial charge in [-0.25, -0.2) is 9.18 Å². The summed E-state index contributed by atoms with van der Waals surface area (Å²) in [5, 5.41) is 8.59. The van der Waals surface area contributed by atoms with Gasteiger partial charge in [-0.15, -0.1) is 0 Å². The molecule has 1 fully saturated rings. The summed E-state index contributed by atoms with van der Waals surface area (Å²) in [5.41, 5.74) is 2.62.